The molecular weight excluding hydrogens is 517 g/mol. The second-order valence-corrected chi connectivity index (χ2v) is 9.42. The number of carbonyl (C=O) groups excluding carboxylic acids is 2. The van der Waals surface area contributed by atoms with Gasteiger partial charge in [0.25, 0.3) is 0 Å². The summed E-state index contributed by atoms with van der Waals surface area (Å²) in [5.41, 5.74) is 1.97. The molecule has 2 amide bonds. The van der Waals surface area contributed by atoms with Gasteiger partial charge in [-0.2, -0.15) is 0 Å². The van der Waals surface area contributed by atoms with Crippen LogP contribution in [0.3, 0.4) is 0 Å². The zero-order valence-corrected chi connectivity index (χ0v) is 22.0. The molecule has 2 N–H and O–H groups in total. The van der Waals surface area contributed by atoms with Gasteiger partial charge in [0.2, 0.25) is 11.8 Å². The van der Waals surface area contributed by atoms with E-state index in [4.69, 9.17) is 9.47 Å². The minimum Gasteiger partial charge on any atom is -0.504 e. The molecule has 5 rings (SSSR count). The Morgan fingerprint density at radius 3 is 2.75 bits per heavy atom. The molecule has 1 aromatic heterocycles. The average Bonchev–Trinajstić information content (AvgIpc) is 3.63. The van der Waals surface area contributed by atoms with Gasteiger partial charge in [-0.3, -0.25) is 14.5 Å². The lowest BCUT2D eigenvalue weighted by atomic mass is 10.0. The number of phenolic OH excluding ortho intramolecular Hbond substituents is 1. The number of ether oxygens (including phenoxy) is 2. The van der Waals surface area contributed by atoms with Crippen molar-refractivity contribution in [2.45, 2.75) is 38.5 Å². The van der Waals surface area contributed by atoms with E-state index < -0.39 is 23.7 Å². The smallest absolute Gasteiger partial charge is 0.249 e. The topological polar surface area (TPSA) is 119 Å². The lowest BCUT2D eigenvalue weighted by Gasteiger charge is -2.32. The number of para-hydroxylation sites is 1. The predicted octanol–water partition coefficient (Wildman–Crippen LogP) is 3.74. The number of fused-ring (bicyclic) bond motifs is 1. The largest absolute Gasteiger partial charge is 0.504 e. The van der Waals surface area contributed by atoms with E-state index in [2.05, 4.69) is 15.6 Å². The third kappa shape index (κ3) is 5.89. The van der Waals surface area contributed by atoms with Crippen LogP contribution in [-0.4, -0.2) is 57.8 Å². The first-order chi connectivity index (χ1) is 19.4. The van der Waals surface area contributed by atoms with Crippen molar-refractivity contribution in [1.29, 1.82) is 0 Å². The summed E-state index contributed by atoms with van der Waals surface area (Å²) >= 11 is 0. The second-order valence-electron chi connectivity index (χ2n) is 9.42. The highest BCUT2D eigenvalue weighted by molar-refractivity contribution is 6.01. The molecule has 40 heavy (non-hydrogen) atoms. The Labute approximate surface area is 230 Å². The summed E-state index contributed by atoms with van der Waals surface area (Å²) in [6.45, 7) is 2.72. The number of phenols is 1. The number of aromatic nitrogens is 3. The summed E-state index contributed by atoms with van der Waals surface area (Å²) in [5.74, 6) is -1.36. The van der Waals surface area contributed by atoms with Crippen LogP contribution in [0.5, 0.6) is 11.5 Å². The number of nitrogens with one attached hydrogen (secondary N) is 1. The number of halogens is 1. The van der Waals surface area contributed by atoms with E-state index >= 15 is 0 Å². The summed E-state index contributed by atoms with van der Waals surface area (Å²) < 4.78 is 26.6. The van der Waals surface area contributed by atoms with Crippen molar-refractivity contribution in [2.75, 3.05) is 24.7 Å². The number of hydrogen-bond donors (Lipinski definition) is 2. The molecule has 11 heteroatoms. The normalized spacial score (nSPS) is 15.6. The molecule has 1 aliphatic rings. The van der Waals surface area contributed by atoms with Gasteiger partial charge in [0, 0.05) is 18.8 Å². The van der Waals surface area contributed by atoms with Crippen molar-refractivity contribution in [3.05, 3.63) is 78.1 Å². The van der Waals surface area contributed by atoms with Gasteiger partial charge in [0.15, 0.2) is 11.5 Å². The highest BCUT2D eigenvalue weighted by Crippen LogP contribution is 2.34. The lowest BCUT2D eigenvalue weighted by molar-refractivity contribution is -0.127. The lowest BCUT2D eigenvalue weighted by Crippen LogP contribution is -2.46. The first-order valence-electron chi connectivity index (χ1n) is 13.2. The summed E-state index contributed by atoms with van der Waals surface area (Å²) in [4.78, 5) is 29.2. The molecule has 0 unspecified atom stereocenters. The van der Waals surface area contributed by atoms with E-state index in [0.29, 0.717) is 28.9 Å². The van der Waals surface area contributed by atoms with Crippen molar-refractivity contribution in [3.63, 3.8) is 0 Å². The van der Waals surface area contributed by atoms with Crippen LogP contribution in [0.15, 0.2) is 66.7 Å². The number of anilines is 1. The van der Waals surface area contributed by atoms with Gasteiger partial charge in [-0.05, 0) is 73.9 Å². The molecule has 0 radical (unpaired) electrons. The number of benzene rings is 3. The van der Waals surface area contributed by atoms with Gasteiger partial charge in [0.05, 0.1) is 18.2 Å². The monoisotopic (exact) mass is 547 g/mol. The summed E-state index contributed by atoms with van der Waals surface area (Å²) in [7, 11) is 0. The minimum atomic E-state index is -1.19. The third-order valence-corrected chi connectivity index (χ3v) is 6.71. The van der Waals surface area contributed by atoms with E-state index in [1.54, 1.807) is 25.1 Å². The van der Waals surface area contributed by atoms with Gasteiger partial charge in [-0.25, -0.2) is 9.07 Å². The van der Waals surface area contributed by atoms with Crippen LogP contribution in [0.4, 0.5) is 10.1 Å². The van der Waals surface area contributed by atoms with E-state index in [0.717, 1.165) is 12.8 Å². The fourth-order valence-corrected chi connectivity index (χ4v) is 4.78. The van der Waals surface area contributed by atoms with E-state index in [9.17, 15) is 19.1 Å². The zero-order valence-electron chi connectivity index (χ0n) is 22.0. The molecule has 3 aromatic carbocycles. The highest BCUT2D eigenvalue weighted by Gasteiger charge is 2.34. The van der Waals surface area contributed by atoms with Crippen LogP contribution in [0, 0.1) is 5.82 Å². The Bertz CT molecular complexity index is 1490. The molecule has 0 aliphatic carbocycles. The maximum atomic E-state index is 14.1. The summed E-state index contributed by atoms with van der Waals surface area (Å²) in [6.07, 6.45) is 1.60. The maximum absolute atomic E-state index is 14.1. The number of rotatable bonds is 10. The quantitative estimate of drug-likeness (QED) is 0.310. The van der Waals surface area contributed by atoms with E-state index in [1.165, 1.54) is 46.0 Å². The number of hydrogen-bond acceptors (Lipinski definition) is 7. The van der Waals surface area contributed by atoms with Crippen LogP contribution in [-0.2, 0) is 20.9 Å². The number of amides is 2. The fraction of sp³-hybridized carbons (Fsp3) is 0.310. The number of nitrogens with zero attached hydrogens (tertiary/aromatic N) is 4. The van der Waals surface area contributed by atoms with Gasteiger partial charge in [-0.15, -0.1) is 5.10 Å². The van der Waals surface area contributed by atoms with E-state index in [1.807, 2.05) is 12.1 Å². The molecule has 0 bridgehead atoms. The Balaban J connectivity index is 1.56. The van der Waals surface area contributed by atoms with Crippen molar-refractivity contribution < 1.29 is 28.6 Å². The molecule has 0 spiro atoms. The Kier molecular flexibility index (Phi) is 8.20. The van der Waals surface area contributed by atoms with Crippen LogP contribution in [0.1, 0.15) is 31.4 Å². The van der Waals surface area contributed by atoms with Crippen molar-refractivity contribution in [1.82, 2.24) is 20.3 Å². The first kappa shape index (κ1) is 27.1. The molecule has 1 fully saturated rings. The van der Waals surface area contributed by atoms with Crippen molar-refractivity contribution >= 4 is 28.5 Å². The molecule has 0 saturated carbocycles. The Hall–Kier alpha value is -4.51. The SMILES string of the molecule is CCOc1cc([C@H](C(=O)NC[C@@H]2CCCO2)N(C(=O)Cn2nnc3ccccc32)c2ccc(F)cc2)ccc1O. The Morgan fingerprint density at radius 2 is 2.00 bits per heavy atom. The number of carbonyl (C=O) groups is 2. The highest BCUT2D eigenvalue weighted by atomic mass is 19.1. The molecule has 208 valence electrons. The second kappa shape index (κ2) is 12.1. The third-order valence-electron chi connectivity index (χ3n) is 6.71. The van der Waals surface area contributed by atoms with Gasteiger partial charge in [0.1, 0.15) is 23.9 Å². The van der Waals surface area contributed by atoms with Crippen LogP contribution in [0.25, 0.3) is 11.0 Å². The fourth-order valence-electron chi connectivity index (χ4n) is 4.78. The van der Waals surface area contributed by atoms with Crippen LogP contribution >= 0.6 is 0 Å². The zero-order chi connectivity index (χ0) is 28.1. The minimum absolute atomic E-state index is 0.0992. The molecular formula is C29H30FN5O5. The predicted molar refractivity (Wildman–Crippen MR) is 145 cm³/mol. The average molecular weight is 548 g/mol. The number of aromatic hydroxyl groups is 1. The van der Waals surface area contributed by atoms with Crippen LogP contribution in [0.2, 0.25) is 0 Å². The molecule has 2 heterocycles. The van der Waals surface area contributed by atoms with Gasteiger partial charge in [-0.1, -0.05) is 23.4 Å². The van der Waals surface area contributed by atoms with Gasteiger partial charge < -0.3 is 19.9 Å². The Morgan fingerprint density at radius 1 is 1.20 bits per heavy atom. The first-order valence-corrected chi connectivity index (χ1v) is 13.2. The van der Waals surface area contributed by atoms with Gasteiger partial charge >= 0.3 is 0 Å². The van der Waals surface area contributed by atoms with Crippen LogP contribution < -0.4 is 15.0 Å². The molecule has 1 aliphatic heterocycles. The molecule has 4 aromatic rings. The molecule has 2 atom stereocenters. The van der Waals surface area contributed by atoms with Crippen molar-refractivity contribution in [3.8, 4) is 11.5 Å². The van der Waals surface area contributed by atoms with Crippen molar-refractivity contribution in [2.24, 2.45) is 0 Å². The molecule has 1 saturated heterocycles. The summed E-state index contributed by atoms with van der Waals surface area (Å²) in [5, 5.41) is 21.5. The van der Waals surface area contributed by atoms with E-state index in [-0.39, 0.29) is 37.3 Å². The maximum Gasteiger partial charge on any atom is 0.249 e. The molecule has 10 nitrogen and oxygen atoms in total. The standard InChI is InChI=1S/C29H30FN5O5/c1-2-39-26-16-19(9-14-25(26)36)28(29(38)31-17-22-6-5-15-40-22)35(21-12-10-20(30)11-13-21)27(37)18-34-24-8-4-3-7-23(24)32-33-34/h3-4,7-14,16,22,28,36H,2,5-6,15,17-18H2,1H3,(H,31,38)/t22-,28+/m0/s1. The summed E-state index contributed by atoms with van der Waals surface area (Å²) in [6, 6.07) is 15.9.